The number of nitrogens with zero attached hydrogens (tertiary/aromatic N) is 2. The molecule has 246 valence electrons. The highest BCUT2D eigenvalue weighted by atomic mass is 79.9. The molecule has 0 fully saturated rings. The van der Waals surface area contributed by atoms with Crippen LogP contribution in [0.3, 0.4) is 0 Å². The van der Waals surface area contributed by atoms with E-state index in [1.807, 2.05) is 12.1 Å². The van der Waals surface area contributed by atoms with E-state index in [1.54, 1.807) is 6.92 Å². The fourth-order valence-corrected chi connectivity index (χ4v) is 7.67. The molecule has 2 heterocycles. The highest BCUT2D eigenvalue weighted by Crippen LogP contribution is 2.53. The number of halogens is 1. The first kappa shape index (κ1) is 34.0. The summed E-state index contributed by atoms with van der Waals surface area (Å²) < 4.78 is 1.12. The summed E-state index contributed by atoms with van der Waals surface area (Å²) in [5, 5.41) is 0. The molecular formula is C45H43BrN2O. The van der Waals surface area contributed by atoms with Crippen LogP contribution in [0.2, 0.25) is 0 Å². The molecule has 0 bridgehead atoms. The first-order valence-corrected chi connectivity index (χ1v) is 17.2. The van der Waals surface area contributed by atoms with Crippen LogP contribution in [-0.2, 0) is 10.8 Å². The van der Waals surface area contributed by atoms with Gasteiger partial charge in [-0.2, -0.15) is 0 Å². The van der Waals surface area contributed by atoms with Crippen LogP contribution >= 0.6 is 15.9 Å². The highest BCUT2D eigenvalue weighted by molar-refractivity contribution is 9.10. The Morgan fingerprint density at radius 3 is 1.35 bits per heavy atom. The van der Waals surface area contributed by atoms with Crippen LogP contribution in [0.5, 0.6) is 0 Å². The summed E-state index contributed by atoms with van der Waals surface area (Å²) in [7, 11) is 0. The van der Waals surface area contributed by atoms with Gasteiger partial charge in [-0.15, -0.1) is 0 Å². The van der Waals surface area contributed by atoms with E-state index in [-0.39, 0.29) is 24.0 Å². The quantitative estimate of drug-likeness (QED) is 0.171. The van der Waals surface area contributed by atoms with Gasteiger partial charge in [0.15, 0.2) is 5.78 Å². The van der Waals surface area contributed by atoms with Gasteiger partial charge < -0.3 is 9.80 Å². The van der Waals surface area contributed by atoms with E-state index in [4.69, 9.17) is 0 Å². The van der Waals surface area contributed by atoms with Gasteiger partial charge in [-0.05, 0) is 102 Å². The minimum Gasteiger partial charge on any atom is -0.310 e. The number of rotatable bonds is 3. The summed E-state index contributed by atoms with van der Waals surface area (Å²) in [6.07, 6.45) is 0. The summed E-state index contributed by atoms with van der Waals surface area (Å²) >= 11 is 3.64. The second-order valence-corrected chi connectivity index (χ2v) is 14.5. The second-order valence-electron chi connectivity index (χ2n) is 13.6. The van der Waals surface area contributed by atoms with Gasteiger partial charge in [-0.25, -0.2) is 0 Å². The van der Waals surface area contributed by atoms with Crippen molar-refractivity contribution in [3.05, 3.63) is 178 Å². The van der Waals surface area contributed by atoms with Gasteiger partial charge in [0.2, 0.25) is 0 Å². The van der Waals surface area contributed by atoms with Crippen molar-refractivity contribution in [1.29, 1.82) is 0 Å². The monoisotopic (exact) mass is 706 g/mol. The number of carbonyl (C=O) groups excluding carboxylic acids is 1. The Kier molecular flexibility index (Phi) is 9.13. The lowest BCUT2D eigenvalue weighted by Crippen LogP contribution is -2.30. The van der Waals surface area contributed by atoms with Gasteiger partial charge in [0.1, 0.15) is 0 Å². The number of fused-ring (bicyclic) bond motifs is 4. The fourth-order valence-electron chi connectivity index (χ4n) is 7.31. The third-order valence-corrected chi connectivity index (χ3v) is 10.3. The van der Waals surface area contributed by atoms with Gasteiger partial charge in [0.05, 0.1) is 22.7 Å². The zero-order valence-electron chi connectivity index (χ0n) is 28.0. The molecular weight excluding hydrogens is 664 g/mol. The minimum atomic E-state index is -0.164. The van der Waals surface area contributed by atoms with Gasteiger partial charge in [-0.1, -0.05) is 124 Å². The van der Waals surface area contributed by atoms with Crippen molar-refractivity contribution in [3.8, 4) is 0 Å². The molecule has 3 nitrogen and oxygen atoms in total. The number of Topliss-reactive ketones (excluding diaryl/α,β-unsaturated/α-hetero) is 1. The molecule has 2 aliphatic heterocycles. The van der Waals surface area contributed by atoms with Crippen LogP contribution in [-0.4, -0.2) is 5.78 Å². The summed E-state index contributed by atoms with van der Waals surface area (Å²) in [6, 6.07) is 50.9. The summed E-state index contributed by atoms with van der Waals surface area (Å²) in [6.45, 7) is 10.7. The smallest absolute Gasteiger partial charge is 0.159 e. The van der Waals surface area contributed by atoms with Gasteiger partial charge in [-0.3, -0.25) is 4.79 Å². The van der Waals surface area contributed by atoms with Crippen LogP contribution in [0.15, 0.2) is 150 Å². The van der Waals surface area contributed by atoms with Gasteiger partial charge in [0.25, 0.3) is 0 Å². The van der Waals surface area contributed by atoms with Crippen molar-refractivity contribution in [2.24, 2.45) is 0 Å². The Balaban J connectivity index is 0.000000167. The van der Waals surface area contributed by atoms with E-state index in [0.717, 1.165) is 21.4 Å². The molecule has 4 heteroatoms. The Bertz CT molecular complexity index is 2140. The number of hydrogen-bond acceptors (Lipinski definition) is 3. The molecule has 0 N–H and O–H groups in total. The maximum Gasteiger partial charge on any atom is 0.159 e. The van der Waals surface area contributed by atoms with E-state index in [9.17, 15) is 4.79 Å². The molecule has 0 spiro atoms. The second kappa shape index (κ2) is 13.2. The fraction of sp³-hybridized carbons (Fsp3) is 0.178. The van der Waals surface area contributed by atoms with Gasteiger partial charge in [0, 0.05) is 32.2 Å². The Morgan fingerprint density at radius 2 is 0.878 bits per heavy atom. The third kappa shape index (κ3) is 5.89. The molecule has 0 atom stereocenters. The van der Waals surface area contributed by atoms with E-state index in [1.165, 1.54) is 45.0 Å². The van der Waals surface area contributed by atoms with Crippen molar-refractivity contribution in [2.75, 3.05) is 9.80 Å². The molecule has 0 unspecified atom stereocenters. The van der Waals surface area contributed by atoms with Crippen molar-refractivity contribution in [1.82, 2.24) is 0 Å². The van der Waals surface area contributed by atoms with E-state index >= 15 is 0 Å². The van der Waals surface area contributed by atoms with Crippen LogP contribution < -0.4 is 9.80 Å². The van der Waals surface area contributed by atoms with Crippen molar-refractivity contribution in [3.63, 3.8) is 0 Å². The molecule has 0 aromatic heterocycles. The number of anilines is 6. The predicted octanol–water partition coefficient (Wildman–Crippen LogP) is 13.2. The molecule has 0 saturated heterocycles. The van der Waals surface area contributed by atoms with Crippen molar-refractivity contribution < 1.29 is 4.79 Å². The van der Waals surface area contributed by atoms with Crippen LogP contribution in [0.4, 0.5) is 34.1 Å². The molecule has 2 aliphatic rings. The number of para-hydroxylation sites is 4. The van der Waals surface area contributed by atoms with Crippen LogP contribution in [0.25, 0.3) is 0 Å². The van der Waals surface area contributed by atoms with E-state index < -0.39 is 0 Å². The zero-order valence-corrected chi connectivity index (χ0v) is 29.6. The van der Waals surface area contributed by atoms with Crippen molar-refractivity contribution in [2.45, 2.75) is 52.9 Å². The first-order valence-electron chi connectivity index (χ1n) is 16.4. The topological polar surface area (TPSA) is 23.6 Å². The molecule has 0 amide bonds. The minimum absolute atomic E-state index is 0. The molecule has 6 aromatic carbocycles. The Hall–Kier alpha value is -4.93. The average Bonchev–Trinajstić information content (AvgIpc) is 3.10. The summed E-state index contributed by atoms with van der Waals surface area (Å²) in [5.74, 6) is 0.101. The molecule has 49 heavy (non-hydrogen) atoms. The SMILES string of the molecule is C.CC(=O)c1ccc2c(c1)C(C)(C)c1ccccc1N2c1ccccc1.CC1(C)c2ccccc2N(c2ccccc2)c2ccc(Br)cc21. The number of carbonyl (C=O) groups is 1. The van der Waals surface area contributed by atoms with E-state index in [0.29, 0.717) is 0 Å². The molecule has 0 saturated carbocycles. The normalized spacial score (nSPS) is 14.5. The Labute approximate surface area is 300 Å². The average molecular weight is 708 g/mol. The number of ketones is 1. The standard InChI is InChI=1S/C23H21NO.C21H18BrN.CH4/c1-16(25)17-13-14-22-20(15-17)23(2,3)19-11-7-8-12-21(19)24(22)18-9-5-4-6-10-18;1-21(2)17-10-6-7-11-19(17)23(16-8-4-3-5-9-16)20-13-12-15(22)14-18(20)21;/h4-15H,1-3H3;3-14H,1-2H3;1H4. The lowest BCUT2D eigenvalue weighted by atomic mass is 9.73. The number of hydrogen-bond donors (Lipinski definition) is 0. The maximum atomic E-state index is 11.9. The molecule has 0 radical (unpaired) electrons. The lowest BCUT2D eigenvalue weighted by Gasteiger charge is -2.42. The largest absolute Gasteiger partial charge is 0.310 e. The van der Waals surface area contributed by atoms with Crippen molar-refractivity contribution >= 4 is 55.8 Å². The van der Waals surface area contributed by atoms with Gasteiger partial charge >= 0.3 is 0 Å². The van der Waals surface area contributed by atoms with Crippen LogP contribution in [0, 0.1) is 0 Å². The highest BCUT2D eigenvalue weighted by Gasteiger charge is 2.38. The lowest BCUT2D eigenvalue weighted by molar-refractivity contribution is 0.101. The molecule has 8 rings (SSSR count). The third-order valence-electron chi connectivity index (χ3n) is 9.86. The molecule has 6 aromatic rings. The van der Waals surface area contributed by atoms with Crippen LogP contribution in [0.1, 0.15) is 74.7 Å². The Morgan fingerprint density at radius 1 is 0.490 bits per heavy atom. The maximum absolute atomic E-state index is 11.9. The first-order chi connectivity index (χ1) is 23.1. The summed E-state index contributed by atoms with van der Waals surface area (Å²) in [5.41, 5.74) is 12.9. The predicted molar refractivity (Wildman–Crippen MR) is 211 cm³/mol. The number of benzene rings is 6. The summed E-state index contributed by atoms with van der Waals surface area (Å²) in [4.78, 5) is 16.6. The zero-order chi connectivity index (χ0) is 33.6. The van der Waals surface area contributed by atoms with E-state index in [2.05, 4.69) is 187 Å². The molecule has 0 aliphatic carbocycles.